The van der Waals surface area contributed by atoms with E-state index in [1.165, 1.54) is 0 Å². The average molecular weight is 366 g/mol. The zero-order chi connectivity index (χ0) is 18.8. The van der Waals surface area contributed by atoms with Crippen LogP contribution in [-0.2, 0) is 11.3 Å². The van der Waals surface area contributed by atoms with E-state index < -0.39 is 0 Å². The number of hydrogen-bond acceptors (Lipinski definition) is 4. The minimum Gasteiger partial charge on any atom is -0.497 e. The highest BCUT2D eigenvalue weighted by Crippen LogP contribution is 2.36. The quantitative estimate of drug-likeness (QED) is 0.774. The predicted molar refractivity (Wildman–Crippen MR) is 103 cm³/mol. The van der Waals surface area contributed by atoms with Crippen molar-refractivity contribution in [1.29, 1.82) is 0 Å². The molecule has 0 spiro atoms. The fourth-order valence-electron chi connectivity index (χ4n) is 3.66. The molecule has 0 aliphatic carbocycles. The van der Waals surface area contributed by atoms with Gasteiger partial charge in [0.25, 0.3) is 0 Å². The number of para-hydroxylation sites is 2. The number of anilines is 2. The van der Waals surface area contributed by atoms with Crippen LogP contribution in [0.15, 0.2) is 48.5 Å². The molecule has 7 heteroatoms. The Kier molecular flexibility index (Phi) is 4.58. The number of fused-ring (bicyclic) bond motifs is 3. The van der Waals surface area contributed by atoms with E-state index in [9.17, 15) is 9.59 Å². The Hall–Kier alpha value is -3.22. The molecule has 2 atom stereocenters. The minimum absolute atomic E-state index is 0.0170. The molecule has 7 nitrogen and oxygen atoms in total. The molecule has 2 heterocycles. The number of methoxy groups -OCH3 is 1. The van der Waals surface area contributed by atoms with Crippen molar-refractivity contribution in [2.75, 3.05) is 23.9 Å². The van der Waals surface area contributed by atoms with Crippen molar-refractivity contribution < 1.29 is 14.3 Å². The lowest BCUT2D eigenvalue weighted by molar-refractivity contribution is -0.117. The maximum absolute atomic E-state index is 12.3. The van der Waals surface area contributed by atoms with E-state index in [4.69, 9.17) is 4.74 Å². The Bertz CT molecular complexity index is 853. The fourth-order valence-corrected chi connectivity index (χ4v) is 3.66. The number of hydrogen-bond donors (Lipinski definition) is 3. The Labute approximate surface area is 157 Å². The molecule has 1 saturated heterocycles. The number of carbonyl (C=O) groups is 2. The standard InChI is InChI=1S/C20H22N4O3/c1-27-15-8-6-13(7-9-15)11-21-20(26)22-14-10-18-19(25)23-16-4-2-3-5-17(16)24(18)12-14/h2-9,14,18H,10-12H2,1H3,(H,23,25)(H2,21,22,26). The SMILES string of the molecule is COc1ccc(CNC(=O)NC2CC3C(=O)Nc4ccccc4N3C2)cc1. The van der Waals surface area contributed by atoms with Crippen molar-refractivity contribution >= 4 is 23.3 Å². The molecular weight excluding hydrogens is 344 g/mol. The monoisotopic (exact) mass is 366 g/mol. The highest BCUT2D eigenvalue weighted by atomic mass is 16.5. The maximum atomic E-state index is 12.3. The zero-order valence-electron chi connectivity index (χ0n) is 15.1. The van der Waals surface area contributed by atoms with Crippen LogP contribution in [0.3, 0.4) is 0 Å². The zero-order valence-corrected chi connectivity index (χ0v) is 15.1. The van der Waals surface area contributed by atoms with E-state index >= 15 is 0 Å². The highest BCUT2D eigenvalue weighted by molar-refractivity contribution is 6.04. The van der Waals surface area contributed by atoms with Crippen LogP contribution in [0.5, 0.6) is 5.75 Å². The number of urea groups is 1. The summed E-state index contributed by atoms with van der Waals surface area (Å²) in [6, 6.07) is 14.7. The first-order valence-corrected chi connectivity index (χ1v) is 8.98. The molecule has 2 unspecified atom stereocenters. The molecule has 0 radical (unpaired) electrons. The number of benzene rings is 2. The van der Waals surface area contributed by atoms with Crippen molar-refractivity contribution in [1.82, 2.24) is 10.6 Å². The summed E-state index contributed by atoms with van der Waals surface area (Å²) in [6.07, 6.45) is 0.593. The fraction of sp³-hybridized carbons (Fsp3) is 0.300. The van der Waals surface area contributed by atoms with Gasteiger partial charge in [0, 0.05) is 13.1 Å². The second kappa shape index (κ2) is 7.19. The molecule has 0 saturated carbocycles. The van der Waals surface area contributed by atoms with Gasteiger partial charge in [0.2, 0.25) is 5.91 Å². The molecule has 0 bridgehead atoms. The number of amides is 3. The van der Waals surface area contributed by atoms with Gasteiger partial charge in [0.15, 0.2) is 0 Å². The Balaban J connectivity index is 1.34. The largest absolute Gasteiger partial charge is 0.497 e. The number of nitrogens with one attached hydrogen (secondary N) is 3. The van der Waals surface area contributed by atoms with E-state index in [1.807, 2.05) is 48.5 Å². The van der Waals surface area contributed by atoms with Crippen LogP contribution in [0, 0.1) is 0 Å². The molecule has 3 amide bonds. The second-order valence-electron chi connectivity index (χ2n) is 6.78. The van der Waals surface area contributed by atoms with Gasteiger partial charge in [-0.15, -0.1) is 0 Å². The summed E-state index contributed by atoms with van der Waals surface area (Å²) >= 11 is 0. The van der Waals surface area contributed by atoms with Gasteiger partial charge in [0.1, 0.15) is 11.8 Å². The summed E-state index contributed by atoms with van der Waals surface area (Å²) in [6.45, 7) is 1.05. The molecule has 1 fully saturated rings. The van der Waals surface area contributed by atoms with Crippen LogP contribution < -0.4 is 25.6 Å². The number of rotatable bonds is 4. The van der Waals surface area contributed by atoms with Crippen LogP contribution in [0.1, 0.15) is 12.0 Å². The van der Waals surface area contributed by atoms with E-state index in [-0.39, 0.29) is 24.0 Å². The molecule has 2 aliphatic rings. The highest BCUT2D eigenvalue weighted by Gasteiger charge is 2.41. The summed E-state index contributed by atoms with van der Waals surface area (Å²) in [4.78, 5) is 26.7. The van der Waals surface area contributed by atoms with Crippen LogP contribution >= 0.6 is 0 Å². The number of nitrogens with zero attached hydrogens (tertiary/aromatic N) is 1. The van der Waals surface area contributed by atoms with Gasteiger partial charge in [-0.3, -0.25) is 4.79 Å². The van der Waals surface area contributed by atoms with Crippen LogP contribution in [0.25, 0.3) is 0 Å². The average Bonchev–Trinajstić information content (AvgIpc) is 3.11. The van der Waals surface area contributed by atoms with Crippen molar-refractivity contribution in [2.45, 2.75) is 25.0 Å². The van der Waals surface area contributed by atoms with Crippen LogP contribution in [0.2, 0.25) is 0 Å². The third-order valence-electron chi connectivity index (χ3n) is 5.02. The third-order valence-corrected chi connectivity index (χ3v) is 5.02. The van der Waals surface area contributed by atoms with Gasteiger partial charge in [-0.25, -0.2) is 4.79 Å². The topological polar surface area (TPSA) is 82.7 Å². The first-order valence-electron chi connectivity index (χ1n) is 8.98. The molecular formula is C20H22N4O3. The normalized spacial score (nSPS) is 20.3. The minimum atomic E-state index is -0.244. The summed E-state index contributed by atoms with van der Waals surface area (Å²) in [7, 11) is 1.62. The second-order valence-corrected chi connectivity index (χ2v) is 6.78. The van der Waals surface area contributed by atoms with Gasteiger partial charge in [-0.2, -0.15) is 0 Å². The lowest BCUT2D eigenvalue weighted by Gasteiger charge is -2.32. The molecule has 2 aromatic rings. The van der Waals surface area contributed by atoms with Gasteiger partial charge in [-0.05, 0) is 36.2 Å². The molecule has 3 N–H and O–H groups in total. The number of carbonyl (C=O) groups excluding carboxylic acids is 2. The van der Waals surface area contributed by atoms with Crippen molar-refractivity contribution in [2.24, 2.45) is 0 Å². The molecule has 0 aromatic heterocycles. The summed E-state index contributed by atoms with van der Waals surface area (Å²) < 4.78 is 5.13. The van der Waals surface area contributed by atoms with Crippen molar-refractivity contribution in [3.8, 4) is 5.75 Å². The van der Waals surface area contributed by atoms with Gasteiger partial charge in [-0.1, -0.05) is 24.3 Å². The molecule has 4 rings (SSSR count). The predicted octanol–water partition coefficient (Wildman–Crippen LogP) is 2.09. The molecule has 27 heavy (non-hydrogen) atoms. The lowest BCUT2D eigenvalue weighted by atomic mass is 10.1. The van der Waals surface area contributed by atoms with Crippen molar-refractivity contribution in [3.05, 3.63) is 54.1 Å². The Morgan fingerprint density at radius 3 is 2.78 bits per heavy atom. The first kappa shape index (κ1) is 17.2. The van der Waals surface area contributed by atoms with E-state index in [2.05, 4.69) is 20.9 Å². The summed E-state index contributed by atoms with van der Waals surface area (Å²) in [5.41, 5.74) is 2.82. The van der Waals surface area contributed by atoms with Gasteiger partial charge in [0.05, 0.1) is 24.5 Å². The Morgan fingerprint density at radius 1 is 1.22 bits per heavy atom. The van der Waals surface area contributed by atoms with Crippen molar-refractivity contribution in [3.63, 3.8) is 0 Å². The van der Waals surface area contributed by atoms with E-state index in [0.717, 1.165) is 22.7 Å². The Morgan fingerprint density at radius 2 is 2.00 bits per heavy atom. The van der Waals surface area contributed by atoms with Crippen LogP contribution in [0.4, 0.5) is 16.2 Å². The molecule has 2 aromatic carbocycles. The molecule has 140 valence electrons. The summed E-state index contributed by atoms with van der Waals surface area (Å²) in [5, 5.41) is 8.79. The van der Waals surface area contributed by atoms with Gasteiger partial charge < -0.3 is 25.6 Å². The summed E-state index contributed by atoms with van der Waals surface area (Å²) in [5.74, 6) is 0.765. The number of ether oxygens (including phenoxy) is 1. The molecule has 2 aliphatic heterocycles. The smallest absolute Gasteiger partial charge is 0.315 e. The van der Waals surface area contributed by atoms with E-state index in [0.29, 0.717) is 19.5 Å². The van der Waals surface area contributed by atoms with Gasteiger partial charge >= 0.3 is 6.03 Å². The maximum Gasteiger partial charge on any atom is 0.315 e. The lowest BCUT2D eigenvalue weighted by Crippen LogP contribution is -2.44. The first-order chi connectivity index (χ1) is 13.1. The third kappa shape index (κ3) is 3.53. The van der Waals surface area contributed by atoms with Crippen LogP contribution in [-0.4, -0.2) is 37.7 Å². The van der Waals surface area contributed by atoms with E-state index in [1.54, 1.807) is 7.11 Å².